The lowest BCUT2D eigenvalue weighted by Gasteiger charge is -2.09. The van der Waals surface area contributed by atoms with E-state index in [2.05, 4.69) is 10.3 Å². The number of nitrogens with zero attached hydrogens (tertiary/aromatic N) is 1. The number of halogens is 1. The minimum atomic E-state index is -0.913. The van der Waals surface area contributed by atoms with E-state index in [-0.39, 0.29) is 29.6 Å². The summed E-state index contributed by atoms with van der Waals surface area (Å²) in [5.74, 6) is -1.26. The zero-order valence-corrected chi connectivity index (χ0v) is 11.8. The van der Waals surface area contributed by atoms with Gasteiger partial charge in [-0.25, -0.2) is 4.98 Å². The summed E-state index contributed by atoms with van der Waals surface area (Å²) in [5.41, 5.74) is 1.71. The van der Waals surface area contributed by atoms with Gasteiger partial charge in [-0.05, 0) is 23.3 Å². The van der Waals surface area contributed by atoms with E-state index in [9.17, 15) is 9.59 Å². The van der Waals surface area contributed by atoms with Gasteiger partial charge in [0.25, 0.3) is 5.91 Å². The van der Waals surface area contributed by atoms with Crippen LogP contribution in [-0.2, 0) is 17.8 Å². The predicted molar refractivity (Wildman–Crippen MR) is 78.2 cm³/mol. The molecule has 108 valence electrons. The number of carbonyl (C=O) groups is 2. The monoisotopic (exact) mass is 304 g/mol. The van der Waals surface area contributed by atoms with Crippen molar-refractivity contribution in [2.24, 2.45) is 0 Å². The minimum Gasteiger partial charge on any atom is -0.481 e. The number of aliphatic carboxylic acids is 1. The van der Waals surface area contributed by atoms with Gasteiger partial charge in [0, 0.05) is 12.7 Å². The number of rotatable bonds is 5. The second-order valence-corrected chi connectivity index (χ2v) is 4.72. The first-order valence-electron chi connectivity index (χ1n) is 6.25. The highest BCUT2D eigenvalue weighted by Gasteiger charge is 2.12. The van der Waals surface area contributed by atoms with Gasteiger partial charge in [0.2, 0.25) is 0 Å². The molecule has 0 aliphatic rings. The van der Waals surface area contributed by atoms with Crippen LogP contribution in [-0.4, -0.2) is 22.0 Å². The minimum absolute atomic E-state index is 0.0836. The molecule has 2 rings (SSSR count). The van der Waals surface area contributed by atoms with E-state index in [0.717, 1.165) is 5.56 Å². The predicted octanol–water partition coefficient (Wildman–Crippen LogP) is 2.29. The van der Waals surface area contributed by atoms with Crippen LogP contribution in [0.25, 0.3) is 0 Å². The van der Waals surface area contributed by atoms with E-state index in [1.165, 1.54) is 6.20 Å². The third-order valence-corrected chi connectivity index (χ3v) is 3.20. The second-order valence-electron chi connectivity index (χ2n) is 4.36. The summed E-state index contributed by atoms with van der Waals surface area (Å²) in [6.45, 7) is 0.230. The number of benzene rings is 1. The van der Waals surface area contributed by atoms with Gasteiger partial charge in [-0.3, -0.25) is 9.59 Å². The lowest BCUT2D eigenvalue weighted by atomic mass is 10.0. The lowest BCUT2D eigenvalue weighted by molar-refractivity contribution is -0.136. The highest BCUT2D eigenvalue weighted by atomic mass is 35.5. The van der Waals surface area contributed by atoms with Gasteiger partial charge in [0.15, 0.2) is 0 Å². The van der Waals surface area contributed by atoms with E-state index in [1.807, 2.05) is 0 Å². The second kappa shape index (κ2) is 6.85. The normalized spacial score (nSPS) is 10.1. The summed E-state index contributed by atoms with van der Waals surface area (Å²) in [5, 5.41) is 11.7. The average molecular weight is 305 g/mol. The summed E-state index contributed by atoms with van der Waals surface area (Å²) < 4.78 is 0. The molecule has 0 bridgehead atoms. The van der Waals surface area contributed by atoms with Crippen LogP contribution in [0, 0.1) is 0 Å². The maximum Gasteiger partial charge on any atom is 0.307 e. The summed E-state index contributed by atoms with van der Waals surface area (Å²) in [6.07, 6.45) is 1.42. The molecule has 0 radical (unpaired) electrons. The number of nitrogens with one attached hydrogen (secondary N) is 1. The Labute approximate surface area is 126 Å². The van der Waals surface area contributed by atoms with Gasteiger partial charge < -0.3 is 10.4 Å². The van der Waals surface area contributed by atoms with E-state index in [1.54, 1.807) is 36.4 Å². The van der Waals surface area contributed by atoms with Crippen molar-refractivity contribution in [3.8, 4) is 0 Å². The largest absolute Gasteiger partial charge is 0.481 e. The van der Waals surface area contributed by atoms with Crippen molar-refractivity contribution >= 4 is 23.5 Å². The molecule has 0 atom stereocenters. The molecule has 1 amide bonds. The Balaban J connectivity index is 2.08. The van der Waals surface area contributed by atoms with Crippen molar-refractivity contribution in [2.45, 2.75) is 13.0 Å². The molecule has 21 heavy (non-hydrogen) atoms. The standard InChI is InChI=1S/C15H13ClN2O3/c16-14-12(6-3-7-17-14)15(21)18-9-11-5-2-1-4-10(11)8-13(19)20/h1-7H,8-9H2,(H,18,21)(H,19,20). The maximum absolute atomic E-state index is 12.0. The van der Waals surface area contributed by atoms with Crippen LogP contribution >= 0.6 is 11.6 Å². The molecule has 2 aromatic rings. The van der Waals surface area contributed by atoms with E-state index >= 15 is 0 Å². The highest BCUT2D eigenvalue weighted by molar-refractivity contribution is 6.32. The van der Waals surface area contributed by atoms with Gasteiger partial charge in [0.1, 0.15) is 5.15 Å². The van der Waals surface area contributed by atoms with E-state index < -0.39 is 5.97 Å². The highest BCUT2D eigenvalue weighted by Crippen LogP contribution is 2.13. The topological polar surface area (TPSA) is 79.3 Å². The molecule has 0 aliphatic carbocycles. The number of carboxylic acid groups (broad SMARTS) is 1. The van der Waals surface area contributed by atoms with Crippen molar-refractivity contribution in [1.82, 2.24) is 10.3 Å². The summed E-state index contributed by atoms with van der Waals surface area (Å²) in [7, 11) is 0. The number of pyridine rings is 1. The molecule has 1 aromatic heterocycles. The first-order chi connectivity index (χ1) is 10.1. The van der Waals surface area contributed by atoms with Crippen LogP contribution in [0.1, 0.15) is 21.5 Å². The molecule has 1 aromatic carbocycles. The summed E-state index contributed by atoms with van der Waals surface area (Å²) in [4.78, 5) is 26.7. The van der Waals surface area contributed by atoms with Crippen molar-refractivity contribution in [2.75, 3.05) is 0 Å². The fourth-order valence-electron chi connectivity index (χ4n) is 1.89. The molecule has 0 unspecified atom stereocenters. The zero-order chi connectivity index (χ0) is 15.2. The van der Waals surface area contributed by atoms with Gasteiger partial charge in [0.05, 0.1) is 12.0 Å². The number of hydrogen-bond donors (Lipinski definition) is 2. The van der Waals surface area contributed by atoms with Crippen LogP contribution in [0.3, 0.4) is 0 Å². The fraction of sp³-hybridized carbons (Fsp3) is 0.133. The Kier molecular flexibility index (Phi) is 4.90. The number of carboxylic acids is 1. The Morgan fingerprint density at radius 1 is 1.14 bits per heavy atom. The molecular formula is C15H13ClN2O3. The third kappa shape index (κ3) is 4.03. The Morgan fingerprint density at radius 2 is 1.86 bits per heavy atom. The molecule has 0 aliphatic heterocycles. The molecule has 6 heteroatoms. The molecule has 2 N–H and O–H groups in total. The Morgan fingerprint density at radius 3 is 2.52 bits per heavy atom. The number of amides is 1. The van der Waals surface area contributed by atoms with E-state index in [4.69, 9.17) is 16.7 Å². The Bertz CT molecular complexity index is 673. The SMILES string of the molecule is O=C(O)Cc1ccccc1CNC(=O)c1cccnc1Cl. The third-order valence-electron chi connectivity index (χ3n) is 2.90. The summed E-state index contributed by atoms with van der Waals surface area (Å²) >= 11 is 5.85. The molecule has 1 heterocycles. The van der Waals surface area contributed by atoms with Gasteiger partial charge in [-0.15, -0.1) is 0 Å². The summed E-state index contributed by atoms with van der Waals surface area (Å²) in [6, 6.07) is 10.3. The number of carbonyl (C=O) groups excluding carboxylic acids is 1. The van der Waals surface area contributed by atoms with Gasteiger partial charge in [-0.1, -0.05) is 35.9 Å². The molecule has 0 spiro atoms. The van der Waals surface area contributed by atoms with Crippen LogP contribution < -0.4 is 5.32 Å². The quantitative estimate of drug-likeness (QED) is 0.831. The van der Waals surface area contributed by atoms with Crippen molar-refractivity contribution in [3.63, 3.8) is 0 Å². The molecule has 0 saturated carbocycles. The zero-order valence-electron chi connectivity index (χ0n) is 11.0. The first kappa shape index (κ1) is 15.0. The molecule has 0 saturated heterocycles. The van der Waals surface area contributed by atoms with Crippen molar-refractivity contribution in [1.29, 1.82) is 0 Å². The number of aromatic nitrogens is 1. The molecular weight excluding hydrogens is 292 g/mol. The first-order valence-corrected chi connectivity index (χ1v) is 6.63. The fourth-order valence-corrected chi connectivity index (χ4v) is 2.10. The molecule has 5 nitrogen and oxygen atoms in total. The van der Waals surface area contributed by atoms with Crippen molar-refractivity contribution in [3.05, 3.63) is 64.4 Å². The molecule has 0 fully saturated rings. The number of hydrogen-bond acceptors (Lipinski definition) is 3. The smallest absolute Gasteiger partial charge is 0.307 e. The van der Waals surface area contributed by atoms with Crippen LogP contribution in [0.2, 0.25) is 5.15 Å². The average Bonchev–Trinajstić information content (AvgIpc) is 2.46. The van der Waals surface area contributed by atoms with Gasteiger partial charge >= 0.3 is 5.97 Å². The Hall–Kier alpha value is -2.40. The lowest BCUT2D eigenvalue weighted by Crippen LogP contribution is -2.24. The van der Waals surface area contributed by atoms with Crippen molar-refractivity contribution < 1.29 is 14.7 Å². The van der Waals surface area contributed by atoms with Crippen LogP contribution in [0.4, 0.5) is 0 Å². The van der Waals surface area contributed by atoms with Crippen LogP contribution in [0.15, 0.2) is 42.6 Å². The maximum atomic E-state index is 12.0. The van der Waals surface area contributed by atoms with Gasteiger partial charge in [-0.2, -0.15) is 0 Å². The van der Waals surface area contributed by atoms with Crippen LogP contribution in [0.5, 0.6) is 0 Å². The van der Waals surface area contributed by atoms with E-state index in [0.29, 0.717) is 5.56 Å².